The van der Waals surface area contributed by atoms with Gasteiger partial charge in [0, 0.05) is 41.7 Å². The molecule has 0 unspecified atom stereocenters. The Morgan fingerprint density at radius 2 is 1.91 bits per heavy atom. The molecule has 174 valence electrons. The fourth-order valence-electron chi connectivity index (χ4n) is 3.93. The minimum atomic E-state index is -0.379. The summed E-state index contributed by atoms with van der Waals surface area (Å²) in [7, 11) is 1.62. The van der Waals surface area contributed by atoms with Gasteiger partial charge in [0.05, 0.1) is 12.1 Å². The number of ether oxygens (including phenoxy) is 1. The van der Waals surface area contributed by atoms with Gasteiger partial charge in [0.15, 0.2) is 11.7 Å². The summed E-state index contributed by atoms with van der Waals surface area (Å²) in [6.07, 6.45) is 1.36. The normalized spacial score (nSPS) is 14.4. The minimum Gasteiger partial charge on any atom is -0.497 e. The Balaban J connectivity index is 1.66. The summed E-state index contributed by atoms with van der Waals surface area (Å²) >= 11 is 12.6. The molecule has 1 N–H and O–H groups in total. The van der Waals surface area contributed by atoms with Gasteiger partial charge < -0.3 is 14.1 Å². The number of oxazole rings is 1. The van der Waals surface area contributed by atoms with Crippen LogP contribution in [0.5, 0.6) is 5.75 Å². The Morgan fingerprint density at radius 1 is 1.21 bits per heavy atom. The van der Waals surface area contributed by atoms with Crippen molar-refractivity contribution in [3.63, 3.8) is 0 Å². The summed E-state index contributed by atoms with van der Waals surface area (Å²) in [5.74, 6) is 1.96. The first kappa shape index (κ1) is 23.4. The van der Waals surface area contributed by atoms with E-state index in [0.29, 0.717) is 58.9 Å². The van der Waals surface area contributed by atoms with E-state index in [1.807, 2.05) is 30.3 Å². The first-order valence-electron chi connectivity index (χ1n) is 10.8. The molecule has 2 aromatic carbocycles. The van der Waals surface area contributed by atoms with Crippen LogP contribution in [0.25, 0.3) is 22.6 Å². The van der Waals surface area contributed by atoms with E-state index in [1.54, 1.807) is 31.1 Å². The van der Waals surface area contributed by atoms with Crippen molar-refractivity contribution in [2.45, 2.75) is 25.7 Å². The Morgan fingerprint density at radius 3 is 2.52 bits per heavy atom. The summed E-state index contributed by atoms with van der Waals surface area (Å²) in [5.41, 5.74) is 2.26. The number of carbonyl (C=O) groups is 1. The third kappa shape index (κ3) is 4.95. The standard InChI is InChI=1S/C24H25Cl2N3O4/c1-3-29(31)24(30)28-12-10-16(11-13-28)23-27-21(15-4-7-18(32-2)8-5-15)22(33-23)19-9-6-17(25)14-20(19)26/h4-9,14,16,31H,3,10-13H2,1-2H3. The number of benzene rings is 2. The number of carbonyl (C=O) groups excluding carboxylic acids is 1. The van der Waals surface area contributed by atoms with Crippen LogP contribution in [0.15, 0.2) is 46.9 Å². The minimum absolute atomic E-state index is 0.0413. The van der Waals surface area contributed by atoms with Crippen molar-refractivity contribution in [1.29, 1.82) is 0 Å². The molecule has 0 spiro atoms. The summed E-state index contributed by atoms with van der Waals surface area (Å²) in [6, 6.07) is 12.5. The number of hydrogen-bond acceptors (Lipinski definition) is 5. The van der Waals surface area contributed by atoms with Crippen LogP contribution in [-0.4, -0.2) is 52.9 Å². The van der Waals surface area contributed by atoms with Gasteiger partial charge in [0.1, 0.15) is 11.4 Å². The Bertz CT molecular complexity index is 1130. The Labute approximate surface area is 202 Å². The number of hydroxylamine groups is 2. The molecule has 1 aromatic heterocycles. The van der Waals surface area contributed by atoms with Gasteiger partial charge in [-0.15, -0.1) is 0 Å². The Kier molecular flexibility index (Phi) is 7.12. The molecule has 1 fully saturated rings. The zero-order chi connectivity index (χ0) is 23.5. The van der Waals surface area contributed by atoms with E-state index in [0.717, 1.165) is 16.4 Å². The van der Waals surface area contributed by atoms with Gasteiger partial charge in [-0.1, -0.05) is 23.2 Å². The van der Waals surface area contributed by atoms with E-state index in [9.17, 15) is 10.0 Å². The van der Waals surface area contributed by atoms with Gasteiger partial charge in [-0.05, 0) is 62.2 Å². The number of halogens is 2. The highest BCUT2D eigenvalue weighted by molar-refractivity contribution is 6.36. The SMILES string of the molecule is CCN(O)C(=O)N1CCC(c2nc(-c3ccc(OC)cc3)c(-c3ccc(Cl)cc3Cl)o2)CC1. The number of aromatic nitrogens is 1. The number of likely N-dealkylation sites (tertiary alicyclic amines) is 1. The van der Waals surface area contributed by atoms with Crippen LogP contribution >= 0.6 is 23.2 Å². The smallest absolute Gasteiger partial charge is 0.343 e. The van der Waals surface area contributed by atoms with E-state index in [-0.39, 0.29) is 18.5 Å². The molecule has 0 bridgehead atoms. The molecule has 0 atom stereocenters. The lowest BCUT2D eigenvalue weighted by Gasteiger charge is -2.32. The monoisotopic (exact) mass is 489 g/mol. The number of nitrogens with zero attached hydrogens (tertiary/aromatic N) is 3. The first-order valence-corrected chi connectivity index (χ1v) is 11.5. The average molecular weight is 490 g/mol. The highest BCUT2D eigenvalue weighted by Crippen LogP contribution is 2.40. The van der Waals surface area contributed by atoms with E-state index in [2.05, 4.69) is 0 Å². The lowest BCUT2D eigenvalue weighted by Crippen LogP contribution is -2.45. The van der Waals surface area contributed by atoms with Crippen LogP contribution < -0.4 is 4.74 Å². The van der Waals surface area contributed by atoms with Crippen molar-refractivity contribution in [2.24, 2.45) is 0 Å². The number of piperidine rings is 1. The second-order valence-corrected chi connectivity index (χ2v) is 8.69. The third-order valence-electron chi connectivity index (χ3n) is 5.82. The number of methoxy groups -OCH3 is 1. The molecule has 7 nitrogen and oxygen atoms in total. The van der Waals surface area contributed by atoms with Gasteiger partial charge in [-0.25, -0.2) is 14.8 Å². The summed E-state index contributed by atoms with van der Waals surface area (Å²) in [5, 5.41) is 11.5. The van der Waals surface area contributed by atoms with Crippen molar-refractivity contribution in [1.82, 2.24) is 14.9 Å². The van der Waals surface area contributed by atoms with Gasteiger partial charge in [0.25, 0.3) is 0 Å². The number of amides is 2. The van der Waals surface area contributed by atoms with E-state index < -0.39 is 0 Å². The summed E-state index contributed by atoms with van der Waals surface area (Å²) in [6.45, 7) is 2.99. The molecule has 1 aliphatic rings. The summed E-state index contributed by atoms with van der Waals surface area (Å²) < 4.78 is 11.6. The molecule has 0 saturated carbocycles. The topological polar surface area (TPSA) is 79.0 Å². The molecule has 2 amide bonds. The first-order chi connectivity index (χ1) is 15.9. The molecule has 33 heavy (non-hydrogen) atoms. The molecule has 0 radical (unpaired) electrons. The lowest BCUT2D eigenvalue weighted by atomic mass is 9.97. The second kappa shape index (κ2) is 10.0. The van der Waals surface area contributed by atoms with E-state index >= 15 is 0 Å². The maximum atomic E-state index is 12.2. The lowest BCUT2D eigenvalue weighted by molar-refractivity contribution is -0.0543. The van der Waals surface area contributed by atoms with Crippen LogP contribution in [0.1, 0.15) is 31.6 Å². The zero-order valence-electron chi connectivity index (χ0n) is 18.4. The quantitative estimate of drug-likeness (QED) is 0.334. The van der Waals surface area contributed by atoms with Crippen molar-refractivity contribution in [3.8, 4) is 28.3 Å². The van der Waals surface area contributed by atoms with Crippen LogP contribution in [0, 0.1) is 0 Å². The molecule has 1 saturated heterocycles. The average Bonchev–Trinajstić information content (AvgIpc) is 3.28. The van der Waals surface area contributed by atoms with Crippen LogP contribution in [0.4, 0.5) is 4.79 Å². The molecule has 0 aliphatic carbocycles. The van der Waals surface area contributed by atoms with E-state index in [4.69, 9.17) is 37.3 Å². The fraction of sp³-hybridized carbons (Fsp3) is 0.333. The molecule has 1 aliphatic heterocycles. The number of urea groups is 1. The van der Waals surface area contributed by atoms with Gasteiger partial charge >= 0.3 is 6.03 Å². The van der Waals surface area contributed by atoms with Gasteiger partial charge in [-0.2, -0.15) is 0 Å². The maximum Gasteiger partial charge on any atom is 0.343 e. The molecular weight excluding hydrogens is 465 g/mol. The highest BCUT2D eigenvalue weighted by Gasteiger charge is 2.30. The Hall–Kier alpha value is -2.74. The van der Waals surface area contributed by atoms with Crippen LogP contribution in [-0.2, 0) is 0 Å². The molecule has 3 aromatic rings. The third-order valence-corrected chi connectivity index (χ3v) is 6.37. The fourth-order valence-corrected chi connectivity index (χ4v) is 4.42. The molecular formula is C24H25Cl2N3O4. The number of hydrogen-bond donors (Lipinski definition) is 1. The second-order valence-electron chi connectivity index (χ2n) is 7.84. The predicted molar refractivity (Wildman–Crippen MR) is 127 cm³/mol. The molecule has 4 rings (SSSR count). The van der Waals surface area contributed by atoms with Crippen molar-refractivity contribution >= 4 is 29.2 Å². The predicted octanol–water partition coefficient (Wildman–Crippen LogP) is 6.33. The summed E-state index contributed by atoms with van der Waals surface area (Å²) in [4.78, 5) is 18.7. The maximum absolute atomic E-state index is 12.2. The van der Waals surface area contributed by atoms with Crippen molar-refractivity contribution in [2.75, 3.05) is 26.7 Å². The van der Waals surface area contributed by atoms with Gasteiger partial charge in [0.2, 0.25) is 0 Å². The molecule has 9 heteroatoms. The van der Waals surface area contributed by atoms with Crippen LogP contribution in [0.3, 0.4) is 0 Å². The molecule has 2 heterocycles. The van der Waals surface area contributed by atoms with Gasteiger partial charge in [-0.3, -0.25) is 5.21 Å². The van der Waals surface area contributed by atoms with Crippen molar-refractivity contribution < 1.29 is 19.2 Å². The highest BCUT2D eigenvalue weighted by atomic mass is 35.5. The number of rotatable bonds is 5. The largest absolute Gasteiger partial charge is 0.497 e. The van der Waals surface area contributed by atoms with E-state index in [1.165, 1.54) is 0 Å². The zero-order valence-corrected chi connectivity index (χ0v) is 19.9. The van der Waals surface area contributed by atoms with Crippen molar-refractivity contribution in [3.05, 3.63) is 58.4 Å². The van der Waals surface area contributed by atoms with Crippen LogP contribution in [0.2, 0.25) is 10.0 Å².